The Labute approximate surface area is 196 Å². The Kier molecular flexibility index (Phi) is 11.1. The van der Waals surface area contributed by atoms with Crippen LogP contribution in [0.1, 0.15) is 29.8 Å². The highest BCUT2D eigenvalue weighted by molar-refractivity contribution is 5.98. The molecule has 3 N–H and O–H groups in total. The lowest BCUT2D eigenvalue weighted by atomic mass is 10.1. The number of rotatable bonds is 6. The van der Waals surface area contributed by atoms with E-state index in [-0.39, 0.29) is 17.2 Å². The van der Waals surface area contributed by atoms with Gasteiger partial charge in [-0.15, -0.1) is 12.8 Å². The number of amidine groups is 1. The minimum atomic E-state index is -0.491. The van der Waals surface area contributed by atoms with E-state index in [1.165, 1.54) is 22.0 Å². The van der Waals surface area contributed by atoms with E-state index in [9.17, 15) is 9.90 Å². The van der Waals surface area contributed by atoms with Gasteiger partial charge in [-0.05, 0) is 17.7 Å². The molecule has 0 aromatic heterocycles. The van der Waals surface area contributed by atoms with Gasteiger partial charge in [0.05, 0.1) is 11.3 Å². The zero-order valence-corrected chi connectivity index (χ0v) is 20.1. The highest BCUT2D eigenvalue weighted by Gasteiger charge is 2.42. The van der Waals surface area contributed by atoms with Crippen molar-refractivity contribution in [2.24, 2.45) is 0 Å². The first-order chi connectivity index (χ1) is 15.9. The molecule has 0 saturated carbocycles. The van der Waals surface area contributed by atoms with Crippen LogP contribution >= 0.6 is 0 Å². The standard InChI is InChI=1S/C20H25N5O4.C2H6.C2H2/c1-23(2)20(27)15-11-8-12-16(17(15)26)22-19-18(25(28-4)29-24(19)3)21-13-14-9-6-5-7-10-14;2*1-2/h5-12,19,22H,13H2,1-4H3,(H,26,27);1-2H3;1-2H/p+1. The van der Waals surface area contributed by atoms with Crippen LogP contribution < -0.4 is 10.6 Å². The van der Waals surface area contributed by atoms with E-state index in [4.69, 9.17) is 9.78 Å². The second-order valence-electron chi connectivity index (χ2n) is 6.74. The summed E-state index contributed by atoms with van der Waals surface area (Å²) in [5.74, 6) is 0.188. The Bertz CT molecular complexity index is 944. The van der Waals surface area contributed by atoms with Crippen LogP contribution in [-0.2, 0) is 16.3 Å². The summed E-state index contributed by atoms with van der Waals surface area (Å²) in [6, 6.07) is 14.9. The van der Waals surface area contributed by atoms with Crippen molar-refractivity contribution in [2.45, 2.75) is 26.6 Å². The first kappa shape index (κ1) is 27.1. The van der Waals surface area contributed by atoms with Crippen LogP contribution in [0.4, 0.5) is 5.69 Å². The maximum atomic E-state index is 12.3. The molecular formula is C24H34N5O4+. The normalized spacial score (nSPS) is 14.6. The van der Waals surface area contributed by atoms with Crippen molar-refractivity contribution < 1.29 is 24.6 Å². The summed E-state index contributed by atoms with van der Waals surface area (Å²) >= 11 is 0. The number of hydrogen-bond acceptors (Lipinski definition) is 7. The lowest BCUT2D eigenvalue weighted by molar-refractivity contribution is -0.983. The molecule has 9 heteroatoms. The predicted octanol–water partition coefficient (Wildman–Crippen LogP) is 2.66. The largest absolute Gasteiger partial charge is 0.505 e. The maximum Gasteiger partial charge on any atom is 0.375 e. The molecule has 1 aliphatic rings. The Morgan fingerprint density at radius 2 is 1.82 bits per heavy atom. The van der Waals surface area contributed by atoms with Crippen molar-refractivity contribution in [1.29, 1.82) is 0 Å². The lowest BCUT2D eigenvalue weighted by Gasteiger charge is -2.19. The summed E-state index contributed by atoms with van der Waals surface area (Å²) in [4.78, 5) is 25.8. The molecule has 0 spiro atoms. The van der Waals surface area contributed by atoms with Crippen LogP contribution in [-0.4, -0.2) is 66.1 Å². The van der Waals surface area contributed by atoms with E-state index in [0.717, 1.165) is 5.56 Å². The molecular weight excluding hydrogens is 422 g/mol. The van der Waals surface area contributed by atoms with Crippen molar-refractivity contribution in [2.75, 3.05) is 33.6 Å². The molecule has 1 aliphatic heterocycles. The molecule has 1 amide bonds. The van der Waals surface area contributed by atoms with Crippen molar-refractivity contribution in [3.05, 3.63) is 59.7 Å². The number of terminal acetylenes is 1. The average Bonchev–Trinajstić information content (AvgIpc) is 3.15. The van der Waals surface area contributed by atoms with Gasteiger partial charge >= 0.3 is 5.84 Å². The van der Waals surface area contributed by atoms with E-state index in [1.54, 1.807) is 39.3 Å². The quantitative estimate of drug-likeness (QED) is 0.455. The number of hydrogen-bond donors (Lipinski definition) is 3. The Morgan fingerprint density at radius 3 is 2.39 bits per heavy atom. The van der Waals surface area contributed by atoms with Gasteiger partial charge in [0.1, 0.15) is 18.6 Å². The third-order valence-electron chi connectivity index (χ3n) is 4.47. The number of carbonyl (C=O) groups is 1. The summed E-state index contributed by atoms with van der Waals surface area (Å²) in [6.07, 6.45) is 7.51. The van der Waals surface area contributed by atoms with Gasteiger partial charge in [0.2, 0.25) is 6.17 Å². The Morgan fingerprint density at radius 1 is 1.18 bits per heavy atom. The Balaban J connectivity index is 0.00000129. The summed E-state index contributed by atoms with van der Waals surface area (Å²) in [5.41, 5.74) is 1.70. The van der Waals surface area contributed by atoms with Crippen molar-refractivity contribution in [1.82, 2.24) is 15.3 Å². The van der Waals surface area contributed by atoms with Gasteiger partial charge in [-0.2, -0.15) is 4.94 Å². The van der Waals surface area contributed by atoms with E-state index in [1.807, 2.05) is 44.2 Å². The van der Waals surface area contributed by atoms with Crippen molar-refractivity contribution >= 4 is 17.4 Å². The van der Waals surface area contributed by atoms with E-state index in [2.05, 4.69) is 23.5 Å². The Hall–Kier alpha value is -3.90. The minimum absolute atomic E-state index is 0.127. The molecule has 33 heavy (non-hydrogen) atoms. The number of amides is 1. The molecule has 0 fully saturated rings. The van der Waals surface area contributed by atoms with Crippen LogP contribution in [0.25, 0.3) is 0 Å². The van der Waals surface area contributed by atoms with Gasteiger partial charge in [0, 0.05) is 21.1 Å². The molecule has 0 aliphatic carbocycles. The van der Waals surface area contributed by atoms with E-state index in [0.29, 0.717) is 18.1 Å². The summed E-state index contributed by atoms with van der Waals surface area (Å²) in [5, 5.41) is 18.7. The molecule has 0 saturated heterocycles. The summed E-state index contributed by atoms with van der Waals surface area (Å²) in [7, 11) is 6.49. The second-order valence-corrected chi connectivity index (χ2v) is 6.74. The van der Waals surface area contributed by atoms with E-state index < -0.39 is 6.17 Å². The third-order valence-corrected chi connectivity index (χ3v) is 4.47. The molecule has 2 aromatic carbocycles. The van der Waals surface area contributed by atoms with Crippen LogP contribution in [0.15, 0.2) is 48.5 Å². The molecule has 178 valence electrons. The second kappa shape index (κ2) is 13.5. The van der Waals surface area contributed by atoms with Gasteiger partial charge in [0.15, 0.2) is 5.75 Å². The lowest BCUT2D eigenvalue weighted by Crippen LogP contribution is -2.45. The van der Waals surface area contributed by atoms with Gasteiger partial charge < -0.3 is 20.2 Å². The number of aromatic hydroxyl groups is 1. The molecule has 1 atom stereocenters. The highest BCUT2D eigenvalue weighted by atomic mass is 17.0. The number of likely N-dealkylation sites (N-methyl/N-ethyl adjacent to an activating group) is 1. The SMILES string of the molecule is C#C.CC.CO[N+]1=C(NCc2ccccc2)C(Nc2cccc(C(=O)N(C)C)c2O)N(C)O1. The van der Waals surface area contributed by atoms with Gasteiger partial charge in [-0.25, -0.2) is 0 Å². The number of phenolic OH excluding ortho intramolecular Hbond substituents is 1. The number of nitrogens with one attached hydrogen (secondary N) is 2. The number of carbonyl (C=O) groups excluding carboxylic acids is 1. The van der Waals surface area contributed by atoms with E-state index >= 15 is 0 Å². The molecule has 1 unspecified atom stereocenters. The molecule has 1 heterocycles. The molecule has 9 nitrogen and oxygen atoms in total. The number of hydroxylamine groups is 2. The van der Waals surface area contributed by atoms with Gasteiger partial charge in [0.25, 0.3) is 5.91 Å². The number of anilines is 1. The summed E-state index contributed by atoms with van der Waals surface area (Å²) < 4.78 is 0. The number of nitrogens with zero attached hydrogens (tertiary/aromatic N) is 3. The fourth-order valence-electron chi connectivity index (χ4n) is 2.94. The molecule has 0 bridgehead atoms. The number of benzene rings is 2. The van der Waals surface area contributed by atoms with Crippen LogP contribution in [0, 0.1) is 12.8 Å². The monoisotopic (exact) mass is 456 g/mol. The van der Waals surface area contributed by atoms with Gasteiger partial charge in [-0.3, -0.25) is 10.1 Å². The molecule has 2 aromatic rings. The zero-order chi connectivity index (χ0) is 25.0. The highest BCUT2D eigenvalue weighted by Crippen LogP contribution is 2.29. The zero-order valence-electron chi connectivity index (χ0n) is 20.1. The predicted molar refractivity (Wildman–Crippen MR) is 129 cm³/mol. The molecule has 3 rings (SSSR count). The minimum Gasteiger partial charge on any atom is -0.505 e. The fourth-order valence-corrected chi connectivity index (χ4v) is 2.94. The summed E-state index contributed by atoms with van der Waals surface area (Å²) in [6.45, 7) is 4.55. The van der Waals surface area contributed by atoms with Crippen molar-refractivity contribution in [3.63, 3.8) is 0 Å². The van der Waals surface area contributed by atoms with Crippen molar-refractivity contribution in [3.8, 4) is 18.6 Å². The number of phenols is 1. The topological polar surface area (TPSA) is 89.3 Å². The van der Waals surface area contributed by atoms with Gasteiger partial charge in [-0.1, -0.05) is 55.3 Å². The first-order valence-corrected chi connectivity index (χ1v) is 10.5. The molecule has 0 radical (unpaired) electrons. The van der Waals surface area contributed by atoms with Crippen LogP contribution in [0.5, 0.6) is 5.75 Å². The smallest absolute Gasteiger partial charge is 0.375 e. The third kappa shape index (κ3) is 6.79. The maximum absolute atomic E-state index is 12.3. The van der Waals surface area contributed by atoms with Crippen LogP contribution in [0.2, 0.25) is 0 Å². The van der Waals surface area contributed by atoms with Crippen LogP contribution in [0.3, 0.4) is 0 Å². The fraction of sp³-hybridized carbons (Fsp3) is 0.333. The average molecular weight is 457 g/mol. The first-order valence-electron chi connectivity index (χ1n) is 10.5. The number of para-hydroxylation sites is 1.